The van der Waals surface area contributed by atoms with E-state index in [0.29, 0.717) is 22.5 Å². The van der Waals surface area contributed by atoms with Crippen LogP contribution in [0.4, 0.5) is 10.1 Å². The van der Waals surface area contributed by atoms with Crippen molar-refractivity contribution in [3.8, 4) is 11.4 Å². The first kappa shape index (κ1) is 21.9. The summed E-state index contributed by atoms with van der Waals surface area (Å²) >= 11 is 3.42. The fourth-order valence-electron chi connectivity index (χ4n) is 3.12. The predicted octanol–water partition coefficient (Wildman–Crippen LogP) is 3.60. The molecule has 1 heterocycles. The number of amides is 1. The van der Waals surface area contributed by atoms with Crippen molar-refractivity contribution < 1.29 is 14.3 Å². The Bertz CT molecular complexity index is 1140. The molecule has 0 atom stereocenters. The topological polar surface area (TPSA) is 84.2 Å². The second-order valence-electron chi connectivity index (χ2n) is 6.90. The summed E-state index contributed by atoms with van der Waals surface area (Å²) in [6.45, 7) is 3.12. The maximum absolute atomic E-state index is 13.4. The average molecular weight is 474 g/mol. The van der Waals surface area contributed by atoms with E-state index in [1.807, 2.05) is 19.1 Å². The second kappa shape index (κ2) is 9.32. The molecule has 1 amide bonds. The number of carbonyl (C=O) groups is 1. The van der Waals surface area contributed by atoms with Gasteiger partial charge in [0.05, 0.1) is 5.69 Å². The monoisotopic (exact) mass is 473 g/mol. The standard InChI is InChI=1S/C22H21BrFN3O3/c1-13-3-8-19(18(23)11-13)26-20(29)12-27-21(15-4-6-16(24)7-5-15)25-14(2)17(9-10-28)22(27)30/h3-8,11,28H,9-10,12H2,1-2H3,(H,26,29). The van der Waals surface area contributed by atoms with E-state index in [9.17, 15) is 19.1 Å². The molecule has 30 heavy (non-hydrogen) atoms. The number of hydrogen-bond donors (Lipinski definition) is 2. The predicted molar refractivity (Wildman–Crippen MR) is 117 cm³/mol. The maximum atomic E-state index is 13.4. The Balaban J connectivity index is 2.02. The van der Waals surface area contributed by atoms with Gasteiger partial charge in [-0.15, -0.1) is 0 Å². The van der Waals surface area contributed by atoms with Crippen molar-refractivity contribution in [1.29, 1.82) is 0 Å². The Hall–Kier alpha value is -2.84. The van der Waals surface area contributed by atoms with Crippen LogP contribution < -0.4 is 10.9 Å². The molecule has 0 radical (unpaired) electrons. The van der Waals surface area contributed by atoms with Crippen LogP contribution in [0.5, 0.6) is 0 Å². The summed E-state index contributed by atoms with van der Waals surface area (Å²) in [5.74, 6) is -0.564. The van der Waals surface area contributed by atoms with Crippen molar-refractivity contribution in [3.05, 3.63) is 79.9 Å². The van der Waals surface area contributed by atoms with Crippen molar-refractivity contribution in [2.45, 2.75) is 26.8 Å². The first-order valence-electron chi connectivity index (χ1n) is 9.33. The molecule has 2 N–H and O–H groups in total. The molecule has 0 spiro atoms. The Morgan fingerprint density at radius 3 is 2.53 bits per heavy atom. The number of halogens is 2. The number of rotatable bonds is 6. The minimum Gasteiger partial charge on any atom is -0.396 e. The van der Waals surface area contributed by atoms with Gasteiger partial charge in [-0.3, -0.25) is 14.2 Å². The van der Waals surface area contributed by atoms with Crippen molar-refractivity contribution in [1.82, 2.24) is 9.55 Å². The zero-order valence-electron chi connectivity index (χ0n) is 16.6. The summed E-state index contributed by atoms with van der Waals surface area (Å²) in [5, 5.41) is 12.1. The first-order chi connectivity index (χ1) is 14.3. The van der Waals surface area contributed by atoms with Gasteiger partial charge in [-0.25, -0.2) is 9.37 Å². The van der Waals surface area contributed by atoms with E-state index in [2.05, 4.69) is 26.2 Å². The van der Waals surface area contributed by atoms with Gasteiger partial charge in [0, 0.05) is 34.3 Å². The molecule has 3 rings (SSSR count). The van der Waals surface area contributed by atoms with Gasteiger partial charge < -0.3 is 10.4 Å². The molecule has 0 saturated heterocycles. The highest BCUT2D eigenvalue weighted by atomic mass is 79.9. The van der Waals surface area contributed by atoms with Crippen LogP contribution in [0.25, 0.3) is 11.4 Å². The molecule has 8 heteroatoms. The van der Waals surface area contributed by atoms with E-state index in [1.165, 1.54) is 28.8 Å². The molecule has 0 aliphatic rings. The number of carbonyl (C=O) groups excluding carboxylic acids is 1. The highest BCUT2D eigenvalue weighted by Gasteiger charge is 2.18. The van der Waals surface area contributed by atoms with Crippen LogP contribution in [0.2, 0.25) is 0 Å². The van der Waals surface area contributed by atoms with Gasteiger partial charge >= 0.3 is 0 Å². The van der Waals surface area contributed by atoms with Crippen molar-refractivity contribution in [2.24, 2.45) is 0 Å². The quantitative estimate of drug-likeness (QED) is 0.572. The highest BCUT2D eigenvalue weighted by molar-refractivity contribution is 9.10. The van der Waals surface area contributed by atoms with E-state index >= 15 is 0 Å². The third kappa shape index (κ3) is 4.83. The fraction of sp³-hybridized carbons (Fsp3) is 0.227. The molecule has 0 aliphatic carbocycles. The second-order valence-corrected chi connectivity index (χ2v) is 7.76. The number of aliphatic hydroxyl groups is 1. The Morgan fingerprint density at radius 2 is 1.90 bits per heavy atom. The first-order valence-corrected chi connectivity index (χ1v) is 10.1. The molecule has 1 aromatic heterocycles. The van der Waals surface area contributed by atoms with Crippen molar-refractivity contribution >= 4 is 27.5 Å². The van der Waals surface area contributed by atoms with Crippen LogP contribution >= 0.6 is 15.9 Å². The highest BCUT2D eigenvalue weighted by Crippen LogP contribution is 2.24. The molecule has 0 unspecified atom stereocenters. The molecule has 0 fully saturated rings. The van der Waals surface area contributed by atoms with E-state index in [1.54, 1.807) is 13.0 Å². The summed E-state index contributed by atoms with van der Waals surface area (Å²) in [4.78, 5) is 30.3. The van der Waals surface area contributed by atoms with Crippen molar-refractivity contribution in [3.63, 3.8) is 0 Å². The molecule has 3 aromatic rings. The zero-order chi connectivity index (χ0) is 21.8. The Labute approximate surface area is 181 Å². The van der Waals surface area contributed by atoms with Crippen LogP contribution in [0.15, 0.2) is 51.7 Å². The SMILES string of the molecule is Cc1ccc(NC(=O)Cn2c(-c3ccc(F)cc3)nc(C)c(CCO)c2=O)c(Br)c1. The smallest absolute Gasteiger partial charge is 0.257 e. The minimum absolute atomic E-state index is 0.131. The molecule has 2 aromatic carbocycles. The number of hydrogen-bond acceptors (Lipinski definition) is 4. The van der Waals surface area contributed by atoms with Gasteiger partial charge in [0.1, 0.15) is 18.2 Å². The number of aliphatic hydroxyl groups excluding tert-OH is 1. The van der Waals surface area contributed by atoms with Crippen LogP contribution in [0.3, 0.4) is 0 Å². The van der Waals surface area contributed by atoms with E-state index < -0.39 is 17.3 Å². The lowest BCUT2D eigenvalue weighted by molar-refractivity contribution is -0.116. The molecule has 0 aliphatic heterocycles. The number of nitrogens with one attached hydrogen (secondary N) is 1. The fourth-order valence-corrected chi connectivity index (χ4v) is 3.71. The van der Waals surface area contributed by atoms with Gasteiger partial charge in [-0.05, 0) is 71.7 Å². The number of aryl methyl sites for hydroxylation is 2. The van der Waals surface area contributed by atoms with Crippen LogP contribution in [-0.4, -0.2) is 27.2 Å². The zero-order valence-corrected chi connectivity index (χ0v) is 18.2. The van der Waals surface area contributed by atoms with Gasteiger partial charge in [-0.2, -0.15) is 0 Å². The molecular weight excluding hydrogens is 453 g/mol. The number of anilines is 1. The van der Waals surface area contributed by atoms with Crippen LogP contribution in [-0.2, 0) is 17.8 Å². The minimum atomic E-state index is -0.414. The summed E-state index contributed by atoms with van der Waals surface area (Å²) in [7, 11) is 0. The lowest BCUT2D eigenvalue weighted by atomic mass is 10.1. The van der Waals surface area contributed by atoms with Crippen LogP contribution in [0.1, 0.15) is 16.8 Å². The Morgan fingerprint density at radius 1 is 1.20 bits per heavy atom. The largest absolute Gasteiger partial charge is 0.396 e. The molecule has 156 valence electrons. The normalized spacial score (nSPS) is 10.8. The van der Waals surface area contributed by atoms with Crippen LogP contribution in [0, 0.1) is 19.7 Å². The van der Waals surface area contributed by atoms with E-state index in [4.69, 9.17) is 0 Å². The van der Waals surface area contributed by atoms with Gasteiger partial charge in [0.25, 0.3) is 5.56 Å². The third-order valence-corrected chi connectivity index (χ3v) is 5.29. The van der Waals surface area contributed by atoms with E-state index in [0.717, 1.165) is 10.0 Å². The lowest BCUT2D eigenvalue weighted by Crippen LogP contribution is -2.33. The molecule has 0 saturated carbocycles. The maximum Gasteiger partial charge on any atom is 0.257 e. The van der Waals surface area contributed by atoms with E-state index in [-0.39, 0.29) is 25.4 Å². The number of benzene rings is 2. The van der Waals surface area contributed by atoms with Gasteiger partial charge in [0.15, 0.2) is 0 Å². The van der Waals surface area contributed by atoms with Gasteiger partial charge in [-0.1, -0.05) is 6.07 Å². The Kier molecular flexibility index (Phi) is 6.79. The lowest BCUT2D eigenvalue weighted by Gasteiger charge is -2.16. The average Bonchev–Trinajstić information content (AvgIpc) is 2.70. The summed E-state index contributed by atoms with van der Waals surface area (Å²) in [6.07, 6.45) is 0.131. The molecule has 0 bridgehead atoms. The number of aromatic nitrogens is 2. The third-order valence-electron chi connectivity index (χ3n) is 4.63. The molecular formula is C22H21BrFN3O3. The summed E-state index contributed by atoms with van der Waals surface area (Å²) < 4.78 is 15.3. The summed E-state index contributed by atoms with van der Waals surface area (Å²) in [6, 6.07) is 11.1. The summed E-state index contributed by atoms with van der Waals surface area (Å²) in [5.41, 5.74) is 2.52. The van der Waals surface area contributed by atoms with Crippen molar-refractivity contribution in [2.75, 3.05) is 11.9 Å². The number of nitrogens with zero attached hydrogens (tertiary/aromatic N) is 2. The van der Waals surface area contributed by atoms with Gasteiger partial charge in [0.2, 0.25) is 5.91 Å². The molecule has 6 nitrogen and oxygen atoms in total.